The molecule has 2 aromatic heterocycles. The second-order valence-electron chi connectivity index (χ2n) is 4.88. The summed E-state index contributed by atoms with van der Waals surface area (Å²) < 4.78 is 4.30. The lowest BCUT2D eigenvalue weighted by molar-refractivity contribution is 0.561. The summed E-state index contributed by atoms with van der Waals surface area (Å²) in [6.45, 7) is 5.48. The molecule has 0 aliphatic heterocycles. The normalized spacial score (nSPS) is 12.4. The molecule has 1 unspecified atom stereocenters. The van der Waals surface area contributed by atoms with E-state index in [1.54, 1.807) is 12.4 Å². The average Bonchev–Trinajstić information content (AvgIpc) is 2.81. The van der Waals surface area contributed by atoms with E-state index >= 15 is 0 Å². The van der Waals surface area contributed by atoms with Gasteiger partial charge >= 0.3 is 0 Å². The summed E-state index contributed by atoms with van der Waals surface area (Å²) in [6, 6.07) is 3.95. The highest BCUT2D eigenvalue weighted by Gasteiger charge is 2.17. The quantitative estimate of drug-likeness (QED) is 0.910. The van der Waals surface area contributed by atoms with E-state index in [9.17, 15) is 0 Å². The molecule has 4 nitrogen and oxygen atoms in total. The Labute approximate surface area is 118 Å². The van der Waals surface area contributed by atoms with Crippen molar-refractivity contribution in [3.8, 4) is 11.1 Å². The maximum Gasteiger partial charge on any atom is 0.147 e. The van der Waals surface area contributed by atoms with Gasteiger partial charge < -0.3 is 10.6 Å². The summed E-state index contributed by atoms with van der Waals surface area (Å²) in [7, 11) is 2.10. The number of nitrogens with zero attached hydrogens (tertiary/aromatic N) is 3. The van der Waals surface area contributed by atoms with Gasteiger partial charge in [-0.15, -0.1) is 0 Å². The second-order valence-corrected chi connectivity index (χ2v) is 5.63. The van der Waals surface area contributed by atoms with Crippen molar-refractivity contribution < 1.29 is 0 Å². The number of hydrogen-bond acceptors (Lipinski definition) is 5. The maximum absolute atomic E-state index is 6.03. The molecule has 0 aromatic carbocycles. The molecule has 0 spiro atoms. The van der Waals surface area contributed by atoms with Gasteiger partial charge in [-0.25, -0.2) is 0 Å². The molecule has 2 aromatic rings. The van der Waals surface area contributed by atoms with Crippen molar-refractivity contribution >= 4 is 22.4 Å². The molecule has 0 aliphatic rings. The third-order valence-electron chi connectivity index (χ3n) is 3.30. The molecule has 0 saturated heterocycles. The molecule has 0 fully saturated rings. The molecular formula is C14H20N4S. The largest absolute Gasteiger partial charge is 0.382 e. The zero-order valence-electron chi connectivity index (χ0n) is 11.6. The minimum absolute atomic E-state index is 0.599. The zero-order valence-corrected chi connectivity index (χ0v) is 12.4. The predicted molar refractivity (Wildman–Crippen MR) is 82.5 cm³/mol. The third-order valence-corrected chi connectivity index (χ3v) is 4.28. The molecule has 5 heteroatoms. The van der Waals surface area contributed by atoms with Gasteiger partial charge in [-0.2, -0.15) is 4.37 Å². The highest BCUT2D eigenvalue weighted by atomic mass is 32.1. The summed E-state index contributed by atoms with van der Waals surface area (Å²) in [4.78, 5) is 6.30. The van der Waals surface area contributed by atoms with Gasteiger partial charge in [0, 0.05) is 26.0 Å². The number of pyridine rings is 1. The topological polar surface area (TPSA) is 55.0 Å². The van der Waals surface area contributed by atoms with Crippen molar-refractivity contribution in [1.82, 2.24) is 9.36 Å². The van der Waals surface area contributed by atoms with E-state index in [-0.39, 0.29) is 0 Å². The molecule has 0 saturated carbocycles. The lowest BCUT2D eigenvalue weighted by atomic mass is 10.1. The molecule has 19 heavy (non-hydrogen) atoms. The molecule has 0 aliphatic carbocycles. The Balaban J connectivity index is 2.33. The van der Waals surface area contributed by atoms with Crippen LogP contribution in [-0.2, 0) is 0 Å². The summed E-state index contributed by atoms with van der Waals surface area (Å²) >= 11 is 1.46. The predicted octanol–water partition coefficient (Wildman–Crippen LogP) is 3.27. The smallest absolute Gasteiger partial charge is 0.147 e. The maximum atomic E-state index is 6.03. The third kappa shape index (κ3) is 3.04. The fourth-order valence-electron chi connectivity index (χ4n) is 2.02. The average molecular weight is 276 g/mol. The van der Waals surface area contributed by atoms with Crippen molar-refractivity contribution in [2.45, 2.75) is 20.3 Å². The molecule has 2 rings (SSSR count). The van der Waals surface area contributed by atoms with E-state index in [1.165, 1.54) is 18.0 Å². The lowest BCUT2D eigenvalue weighted by Crippen LogP contribution is -2.23. The van der Waals surface area contributed by atoms with Crippen LogP contribution in [-0.4, -0.2) is 22.9 Å². The summed E-state index contributed by atoms with van der Waals surface area (Å²) in [5.74, 6) is 1.25. The van der Waals surface area contributed by atoms with Crippen LogP contribution in [0.2, 0.25) is 0 Å². The first-order valence-electron chi connectivity index (χ1n) is 6.50. The highest BCUT2D eigenvalue weighted by Crippen LogP contribution is 2.38. The van der Waals surface area contributed by atoms with Gasteiger partial charge in [0.25, 0.3) is 0 Å². The van der Waals surface area contributed by atoms with Crippen molar-refractivity contribution in [1.29, 1.82) is 0 Å². The number of hydrogen-bond donors (Lipinski definition) is 1. The molecule has 2 heterocycles. The highest BCUT2D eigenvalue weighted by molar-refractivity contribution is 7.11. The Morgan fingerprint density at radius 1 is 1.37 bits per heavy atom. The first kappa shape index (κ1) is 13.8. The molecule has 0 bridgehead atoms. The van der Waals surface area contributed by atoms with Crippen LogP contribution < -0.4 is 10.6 Å². The molecule has 1 atom stereocenters. The van der Waals surface area contributed by atoms with Crippen LogP contribution in [0.25, 0.3) is 11.1 Å². The van der Waals surface area contributed by atoms with Gasteiger partial charge in [0.15, 0.2) is 0 Å². The van der Waals surface area contributed by atoms with Crippen LogP contribution in [0.4, 0.5) is 10.8 Å². The van der Waals surface area contributed by atoms with Crippen molar-refractivity contribution in [3.05, 3.63) is 24.5 Å². The van der Waals surface area contributed by atoms with Gasteiger partial charge in [0.1, 0.15) is 10.8 Å². The van der Waals surface area contributed by atoms with Gasteiger partial charge in [-0.1, -0.05) is 20.3 Å². The Bertz CT molecular complexity index is 523. The first-order chi connectivity index (χ1) is 9.13. The molecule has 2 N–H and O–H groups in total. The van der Waals surface area contributed by atoms with E-state index in [2.05, 4.69) is 35.2 Å². The minimum Gasteiger partial charge on any atom is -0.382 e. The lowest BCUT2D eigenvalue weighted by Gasteiger charge is -2.22. The molecule has 0 amide bonds. The number of nitrogen functional groups attached to an aromatic ring is 1. The number of anilines is 2. The fraction of sp³-hybridized carbons (Fsp3) is 0.429. The minimum atomic E-state index is 0.599. The van der Waals surface area contributed by atoms with Crippen molar-refractivity contribution in [2.75, 3.05) is 24.2 Å². The molecule has 0 radical (unpaired) electrons. The van der Waals surface area contributed by atoms with E-state index in [0.29, 0.717) is 11.7 Å². The Morgan fingerprint density at radius 3 is 2.68 bits per heavy atom. The Hall–Kier alpha value is -1.62. The van der Waals surface area contributed by atoms with Crippen molar-refractivity contribution in [2.24, 2.45) is 5.92 Å². The first-order valence-corrected chi connectivity index (χ1v) is 7.27. The van der Waals surface area contributed by atoms with Gasteiger partial charge in [0.2, 0.25) is 0 Å². The Morgan fingerprint density at radius 2 is 2.05 bits per heavy atom. The summed E-state index contributed by atoms with van der Waals surface area (Å²) in [5, 5.41) is 1.13. The van der Waals surface area contributed by atoms with Crippen LogP contribution >= 0.6 is 11.5 Å². The van der Waals surface area contributed by atoms with E-state index in [4.69, 9.17) is 5.73 Å². The van der Waals surface area contributed by atoms with Crippen LogP contribution in [0, 0.1) is 5.92 Å². The fourth-order valence-corrected chi connectivity index (χ4v) is 2.83. The van der Waals surface area contributed by atoms with Crippen LogP contribution in [0.1, 0.15) is 20.3 Å². The number of aromatic nitrogens is 2. The summed E-state index contributed by atoms with van der Waals surface area (Å²) in [5.41, 5.74) is 8.13. The standard InChI is InChI=1S/C14H20N4S/c1-4-10(2)9-18(3)14-12(13(15)17-19-14)11-5-7-16-8-6-11/h5-8,10H,4,9H2,1-3H3,(H2,15,17). The second kappa shape index (κ2) is 6.02. The Kier molecular flexibility index (Phi) is 4.37. The zero-order chi connectivity index (χ0) is 13.8. The van der Waals surface area contributed by atoms with E-state index in [1.807, 2.05) is 12.1 Å². The van der Waals surface area contributed by atoms with Gasteiger partial charge in [-0.3, -0.25) is 4.98 Å². The van der Waals surface area contributed by atoms with Gasteiger partial charge in [-0.05, 0) is 35.1 Å². The van der Waals surface area contributed by atoms with Crippen LogP contribution in [0.3, 0.4) is 0 Å². The molecular weight excluding hydrogens is 256 g/mol. The van der Waals surface area contributed by atoms with Crippen LogP contribution in [0.5, 0.6) is 0 Å². The van der Waals surface area contributed by atoms with Crippen molar-refractivity contribution in [3.63, 3.8) is 0 Å². The van der Waals surface area contributed by atoms with Crippen LogP contribution in [0.15, 0.2) is 24.5 Å². The summed E-state index contributed by atoms with van der Waals surface area (Å²) in [6.07, 6.45) is 4.74. The van der Waals surface area contributed by atoms with Gasteiger partial charge in [0.05, 0.1) is 5.56 Å². The van der Waals surface area contributed by atoms with E-state index < -0.39 is 0 Å². The number of nitrogens with two attached hydrogens (primary N) is 1. The SMILES string of the molecule is CCC(C)CN(C)c1snc(N)c1-c1ccncc1. The number of rotatable bonds is 5. The molecule has 102 valence electrons. The monoisotopic (exact) mass is 276 g/mol. The van der Waals surface area contributed by atoms with E-state index in [0.717, 1.165) is 22.7 Å².